The van der Waals surface area contributed by atoms with Crippen LogP contribution in [0, 0.1) is 0 Å². The van der Waals surface area contributed by atoms with Crippen molar-refractivity contribution in [3.8, 4) is 5.69 Å². The van der Waals surface area contributed by atoms with Gasteiger partial charge in [-0.1, -0.05) is 34.5 Å². The minimum Gasteiger partial charge on any atom is -0.295 e. The molecule has 0 radical (unpaired) electrons. The molecule has 0 N–H and O–H groups in total. The molecule has 0 aliphatic rings. The lowest BCUT2D eigenvalue weighted by molar-refractivity contribution is 0.954. The molecule has 0 unspecified atom stereocenters. The SMILES string of the molecule is CCc1cc(Br)ccc1-n1c(CCl)nc2ccc(Cl)cc21. The molecule has 2 aromatic carbocycles. The number of rotatable bonds is 3. The van der Waals surface area contributed by atoms with Crippen LogP contribution in [0.1, 0.15) is 18.3 Å². The van der Waals surface area contributed by atoms with Gasteiger partial charge in [-0.3, -0.25) is 4.57 Å². The summed E-state index contributed by atoms with van der Waals surface area (Å²) in [4.78, 5) is 4.61. The van der Waals surface area contributed by atoms with Crippen LogP contribution in [0.2, 0.25) is 5.02 Å². The molecule has 1 aromatic heterocycles. The van der Waals surface area contributed by atoms with E-state index in [4.69, 9.17) is 23.2 Å². The normalized spacial score (nSPS) is 11.2. The second-order valence-corrected chi connectivity index (χ2v) is 6.38. The van der Waals surface area contributed by atoms with E-state index in [1.807, 2.05) is 24.3 Å². The van der Waals surface area contributed by atoms with Crippen molar-refractivity contribution in [2.24, 2.45) is 0 Å². The lowest BCUT2D eigenvalue weighted by atomic mass is 10.1. The Bertz CT molecular complexity index is 811. The highest BCUT2D eigenvalue weighted by atomic mass is 79.9. The van der Waals surface area contributed by atoms with Crippen molar-refractivity contribution < 1.29 is 0 Å². The van der Waals surface area contributed by atoms with E-state index in [-0.39, 0.29) is 0 Å². The number of aromatic nitrogens is 2. The zero-order chi connectivity index (χ0) is 15.0. The molecule has 1 heterocycles. The highest BCUT2D eigenvalue weighted by Gasteiger charge is 2.14. The summed E-state index contributed by atoms with van der Waals surface area (Å²) in [5.74, 6) is 1.18. The van der Waals surface area contributed by atoms with Crippen LogP contribution in [-0.4, -0.2) is 9.55 Å². The van der Waals surface area contributed by atoms with Crippen LogP contribution in [0.25, 0.3) is 16.7 Å². The third-order valence-corrected chi connectivity index (χ3v) is 4.44. The van der Waals surface area contributed by atoms with Gasteiger partial charge in [0.25, 0.3) is 0 Å². The molecule has 3 aromatic rings. The first kappa shape index (κ1) is 14.9. The summed E-state index contributed by atoms with van der Waals surface area (Å²) in [6.07, 6.45) is 0.927. The molecule has 5 heteroatoms. The van der Waals surface area contributed by atoms with Gasteiger partial charge in [0, 0.05) is 9.50 Å². The Morgan fingerprint density at radius 2 is 2.00 bits per heavy atom. The fourth-order valence-corrected chi connectivity index (χ4v) is 3.27. The highest BCUT2D eigenvalue weighted by Crippen LogP contribution is 2.29. The third-order valence-electron chi connectivity index (χ3n) is 3.47. The minimum absolute atomic E-state index is 0.353. The molecule has 0 saturated heterocycles. The first-order chi connectivity index (χ1) is 10.1. The summed E-state index contributed by atoms with van der Waals surface area (Å²) in [6, 6.07) is 11.9. The molecule has 108 valence electrons. The quantitative estimate of drug-likeness (QED) is 0.527. The topological polar surface area (TPSA) is 17.8 Å². The van der Waals surface area contributed by atoms with Crippen LogP contribution < -0.4 is 0 Å². The first-order valence-electron chi connectivity index (χ1n) is 6.65. The van der Waals surface area contributed by atoms with Gasteiger partial charge < -0.3 is 0 Å². The predicted molar refractivity (Wildman–Crippen MR) is 92.7 cm³/mol. The summed E-state index contributed by atoms with van der Waals surface area (Å²) < 4.78 is 3.16. The number of nitrogens with zero attached hydrogens (tertiary/aromatic N) is 2. The van der Waals surface area contributed by atoms with Gasteiger partial charge >= 0.3 is 0 Å². The Balaban J connectivity index is 2.35. The van der Waals surface area contributed by atoms with Crippen LogP contribution in [0.15, 0.2) is 40.9 Å². The van der Waals surface area contributed by atoms with Gasteiger partial charge in [0.1, 0.15) is 5.82 Å². The zero-order valence-electron chi connectivity index (χ0n) is 11.4. The molecular weight excluding hydrogens is 371 g/mol. The maximum atomic E-state index is 6.15. The molecule has 2 nitrogen and oxygen atoms in total. The van der Waals surface area contributed by atoms with Crippen molar-refractivity contribution in [1.82, 2.24) is 9.55 Å². The summed E-state index contributed by atoms with van der Waals surface area (Å²) in [7, 11) is 0. The number of hydrogen-bond acceptors (Lipinski definition) is 1. The number of imidazole rings is 1. The molecule has 21 heavy (non-hydrogen) atoms. The van der Waals surface area contributed by atoms with E-state index in [0.717, 1.165) is 33.4 Å². The van der Waals surface area contributed by atoms with E-state index in [9.17, 15) is 0 Å². The van der Waals surface area contributed by atoms with Gasteiger partial charge in [-0.05, 0) is 48.4 Å². The van der Waals surface area contributed by atoms with E-state index >= 15 is 0 Å². The summed E-state index contributed by atoms with van der Waals surface area (Å²) in [5, 5.41) is 0.694. The Hall–Kier alpha value is -1.03. The lowest BCUT2D eigenvalue weighted by Gasteiger charge is -2.13. The summed E-state index contributed by atoms with van der Waals surface area (Å²) in [6.45, 7) is 2.14. The third kappa shape index (κ3) is 2.70. The molecule has 0 fully saturated rings. The van der Waals surface area contributed by atoms with E-state index in [0.29, 0.717) is 10.9 Å². The molecular formula is C16H13BrCl2N2. The molecule has 0 bridgehead atoms. The number of aryl methyl sites for hydroxylation is 1. The van der Waals surface area contributed by atoms with E-state index in [1.54, 1.807) is 0 Å². The lowest BCUT2D eigenvalue weighted by Crippen LogP contribution is -2.03. The van der Waals surface area contributed by atoms with Crippen molar-refractivity contribution in [2.75, 3.05) is 0 Å². The van der Waals surface area contributed by atoms with Gasteiger partial charge in [0.2, 0.25) is 0 Å². The van der Waals surface area contributed by atoms with E-state index < -0.39 is 0 Å². The fourth-order valence-electron chi connectivity index (χ4n) is 2.51. The highest BCUT2D eigenvalue weighted by molar-refractivity contribution is 9.10. The van der Waals surface area contributed by atoms with Crippen molar-refractivity contribution in [1.29, 1.82) is 0 Å². The standard InChI is InChI=1S/C16H13BrCl2N2/c1-2-10-7-11(17)3-6-14(10)21-15-8-12(19)4-5-13(15)20-16(21)9-18/h3-8H,2,9H2,1H3. The minimum atomic E-state index is 0.353. The van der Waals surface area contributed by atoms with Gasteiger partial charge in [0.15, 0.2) is 0 Å². The van der Waals surface area contributed by atoms with Crippen LogP contribution in [-0.2, 0) is 12.3 Å². The largest absolute Gasteiger partial charge is 0.295 e. The first-order valence-corrected chi connectivity index (χ1v) is 8.36. The van der Waals surface area contributed by atoms with Crippen LogP contribution in [0.5, 0.6) is 0 Å². The van der Waals surface area contributed by atoms with E-state index in [1.165, 1.54) is 5.56 Å². The monoisotopic (exact) mass is 382 g/mol. The number of benzene rings is 2. The number of halogens is 3. The Labute approximate surface area is 141 Å². The van der Waals surface area contributed by atoms with Gasteiger partial charge in [-0.2, -0.15) is 0 Å². The summed E-state index contributed by atoms with van der Waals surface area (Å²) >= 11 is 15.8. The van der Waals surface area contributed by atoms with Crippen molar-refractivity contribution in [2.45, 2.75) is 19.2 Å². The van der Waals surface area contributed by atoms with Crippen molar-refractivity contribution in [3.63, 3.8) is 0 Å². The smallest absolute Gasteiger partial charge is 0.129 e. The van der Waals surface area contributed by atoms with Crippen molar-refractivity contribution in [3.05, 3.63) is 57.3 Å². The Morgan fingerprint density at radius 1 is 1.19 bits per heavy atom. The number of hydrogen-bond donors (Lipinski definition) is 0. The molecule has 3 rings (SSSR count). The molecule has 0 amide bonds. The number of alkyl halides is 1. The van der Waals surface area contributed by atoms with Gasteiger partial charge in [-0.15, -0.1) is 11.6 Å². The molecule has 0 atom stereocenters. The maximum Gasteiger partial charge on any atom is 0.129 e. The summed E-state index contributed by atoms with van der Waals surface area (Å²) in [5.41, 5.74) is 4.21. The maximum absolute atomic E-state index is 6.15. The van der Waals surface area contributed by atoms with Crippen LogP contribution in [0.4, 0.5) is 0 Å². The van der Waals surface area contributed by atoms with Crippen LogP contribution >= 0.6 is 39.1 Å². The zero-order valence-corrected chi connectivity index (χ0v) is 14.5. The fraction of sp³-hybridized carbons (Fsp3) is 0.188. The Morgan fingerprint density at radius 3 is 2.71 bits per heavy atom. The molecule has 0 aliphatic carbocycles. The second-order valence-electron chi connectivity index (χ2n) is 4.76. The molecule has 0 spiro atoms. The molecule has 0 saturated carbocycles. The van der Waals surface area contributed by atoms with Gasteiger partial charge in [-0.25, -0.2) is 4.98 Å². The number of fused-ring (bicyclic) bond motifs is 1. The van der Waals surface area contributed by atoms with E-state index in [2.05, 4.69) is 44.5 Å². The average molecular weight is 384 g/mol. The van der Waals surface area contributed by atoms with Crippen molar-refractivity contribution >= 4 is 50.2 Å². The van der Waals surface area contributed by atoms with Gasteiger partial charge in [0.05, 0.1) is 22.6 Å². The van der Waals surface area contributed by atoms with Crippen LogP contribution in [0.3, 0.4) is 0 Å². The predicted octanol–water partition coefficient (Wildman–Crippen LogP) is 5.74. The molecule has 0 aliphatic heterocycles. The second kappa shape index (κ2) is 5.99. The average Bonchev–Trinajstić information content (AvgIpc) is 2.84. The Kier molecular flexibility index (Phi) is 4.25.